The van der Waals surface area contributed by atoms with E-state index in [0.29, 0.717) is 23.2 Å². The summed E-state index contributed by atoms with van der Waals surface area (Å²) < 4.78 is 10.6. The highest BCUT2D eigenvalue weighted by Crippen LogP contribution is 2.27. The van der Waals surface area contributed by atoms with Crippen LogP contribution >= 0.6 is 12.2 Å². The highest BCUT2D eigenvalue weighted by molar-refractivity contribution is 7.80. The van der Waals surface area contributed by atoms with Crippen LogP contribution in [0.2, 0.25) is 0 Å². The van der Waals surface area contributed by atoms with Gasteiger partial charge in [-0.25, -0.2) is 4.79 Å². The zero-order valence-corrected chi connectivity index (χ0v) is 16.0. The molecule has 2 aromatic carbocycles. The maximum absolute atomic E-state index is 12.0. The van der Waals surface area contributed by atoms with Gasteiger partial charge in [0.25, 0.3) is 0 Å². The van der Waals surface area contributed by atoms with Gasteiger partial charge in [0, 0.05) is 12.6 Å². The summed E-state index contributed by atoms with van der Waals surface area (Å²) in [4.78, 5) is 12.0. The van der Waals surface area contributed by atoms with Crippen LogP contribution in [0.1, 0.15) is 18.1 Å². The monoisotopic (exact) mass is 383 g/mol. The van der Waals surface area contributed by atoms with E-state index in [0.717, 1.165) is 11.1 Å². The Bertz CT molecular complexity index is 836. The molecule has 2 rings (SSSR count). The van der Waals surface area contributed by atoms with Gasteiger partial charge in [-0.2, -0.15) is 5.10 Å². The molecule has 0 spiro atoms. The maximum atomic E-state index is 12.0. The Labute approximate surface area is 163 Å². The average molecular weight is 383 g/mol. The second-order valence-corrected chi connectivity index (χ2v) is 5.71. The van der Waals surface area contributed by atoms with Gasteiger partial charge in [0.2, 0.25) is 0 Å². The normalized spacial score (nSPS) is 10.7. The quantitative estimate of drug-likeness (QED) is 0.191. The zero-order valence-electron chi connectivity index (χ0n) is 15.1. The van der Waals surface area contributed by atoms with Gasteiger partial charge in [0.05, 0.1) is 13.3 Å². The number of hydrogen-bond donors (Lipinski definition) is 2. The molecule has 0 fully saturated rings. The minimum atomic E-state index is -0.490. The minimum Gasteiger partial charge on any atom is -0.493 e. The van der Waals surface area contributed by atoms with Gasteiger partial charge in [-0.15, -0.1) is 0 Å². The van der Waals surface area contributed by atoms with Crippen LogP contribution in [0.3, 0.4) is 0 Å². The van der Waals surface area contributed by atoms with Crippen LogP contribution in [0.4, 0.5) is 0 Å². The van der Waals surface area contributed by atoms with Crippen molar-refractivity contribution in [3.05, 3.63) is 65.7 Å². The van der Waals surface area contributed by atoms with Crippen LogP contribution in [0.5, 0.6) is 11.5 Å². The van der Waals surface area contributed by atoms with E-state index in [9.17, 15) is 4.79 Å². The number of ether oxygens (including phenoxy) is 2. The first kappa shape index (κ1) is 20.1. The molecule has 0 amide bonds. The molecule has 27 heavy (non-hydrogen) atoms. The van der Waals surface area contributed by atoms with Crippen molar-refractivity contribution < 1.29 is 14.3 Å². The van der Waals surface area contributed by atoms with E-state index in [2.05, 4.69) is 15.8 Å². The third-order valence-electron chi connectivity index (χ3n) is 3.33. The van der Waals surface area contributed by atoms with Gasteiger partial charge < -0.3 is 14.8 Å². The van der Waals surface area contributed by atoms with Crippen LogP contribution in [-0.2, 0) is 4.79 Å². The largest absolute Gasteiger partial charge is 0.493 e. The summed E-state index contributed by atoms with van der Waals surface area (Å²) >= 11 is 5.02. The molecule has 140 valence electrons. The van der Waals surface area contributed by atoms with E-state index < -0.39 is 5.97 Å². The molecule has 0 aliphatic rings. The van der Waals surface area contributed by atoms with E-state index >= 15 is 0 Å². The Morgan fingerprint density at radius 2 is 1.93 bits per heavy atom. The third-order valence-corrected chi connectivity index (χ3v) is 3.56. The van der Waals surface area contributed by atoms with Gasteiger partial charge >= 0.3 is 5.97 Å². The summed E-state index contributed by atoms with van der Waals surface area (Å²) in [6.45, 7) is 2.66. The van der Waals surface area contributed by atoms with Crippen LogP contribution in [0.15, 0.2) is 59.7 Å². The number of hydrogen-bond acceptors (Lipinski definition) is 5. The molecular weight excluding hydrogens is 362 g/mol. The van der Waals surface area contributed by atoms with Crippen molar-refractivity contribution in [1.82, 2.24) is 10.7 Å². The molecule has 0 saturated carbocycles. The topological polar surface area (TPSA) is 72.0 Å². The van der Waals surface area contributed by atoms with Gasteiger partial charge in [-0.1, -0.05) is 30.3 Å². The lowest BCUT2D eigenvalue weighted by atomic mass is 10.2. The van der Waals surface area contributed by atoms with Crippen molar-refractivity contribution in [1.29, 1.82) is 0 Å². The van der Waals surface area contributed by atoms with E-state index in [4.69, 9.17) is 21.7 Å². The second kappa shape index (κ2) is 10.7. The molecule has 7 heteroatoms. The second-order valence-electron chi connectivity index (χ2n) is 5.30. The van der Waals surface area contributed by atoms with Crippen LogP contribution in [0, 0.1) is 0 Å². The summed E-state index contributed by atoms with van der Waals surface area (Å²) in [5, 5.41) is 7.40. The van der Waals surface area contributed by atoms with Gasteiger partial charge in [0.15, 0.2) is 16.6 Å². The van der Waals surface area contributed by atoms with Crippen molar-refractivity contribution in [3.8, 4) is 11.5 Å². The van der Waals surface area contributed by atoms with Crippen LogP contribution in [-0.4, -0.2) is 31.0 Å². The van der Waals surface area contributed by atoms with E-state index in [1.807, 2.05) is 37.3 Å². The van der Waals surface area contributed by atoms with Gasteiger partial charge in [-0.05, 0) is 54.5 Å². The van der Waals surface area contributed by atoms with Crippen molar-refractivity contribution in [2.75, 3.05) is 13.7 Å². The van der Waals surface area contributed by atoms with Gasteiger partial charge in [-0.3, -0.25) is 5.43 Å². The molecule has 0 aliphatic carbocycles. The standard InChI is InChI=1S/C20H21N3O3S/c1-3-21-20(27)23-22-14-16-9-11-17(18(13-16)25-2)26-19(24)12-10-15-7-5-4-6-8-15/h4-14H,3H2,1-2H3,(H2,21,23,27). The lowest BCUT2D eigenvalue weighted by molar-refractivity contribution is -0.129. The molecule has 6 nitrogen and oxygen atoms in total. The Hall–Kier alpha value is -3.19. The van der Waals surface area contributed by atoms with Crippen LogP contribution < -0.4 is 20.2 Å². The molecule has 0 unspecified atom stereocenters. The summed E-state index contributed by atoms with van der Waals surface area (Å²) in [6.07, 6.45) is 4.65. The first-order valence-corrected chi connectivity index (χ1v) is 8.73. The molecule has 0 aromatic heterocycles. The number of methoxy groups -OCH3 is 1. The Morgan fingerprint density at radius 1 is 1.15 bits per heavy atom. The number of carbonyl (C=O) groups is 1. The lowest BCUT2D eigenvalue weighted by Gasteiger charge is -2.08. The number of nitrogens with one attached hydrogen (secondary N) is 2. The Balaban J connectivity index is 2.01. The molecule has 2 N–H and O–H groups in total. The summed E-state index contributed by atoms with van der Waals surface area (Å²) in [5.74, 6) is 0.263. The number of rotatable bonds is 7. The fraction of sp³-hybridized carbons (Fsp3) is 0.150. The summed E-state index contributed by atoms with van der Waals surface area (Å²) in [7, 11) is 1.51. The van der Waals surface area contributed by atoms with E-state index in [-0.39, 0.29) is 0 Å². The first-order valence-electron chi connectivity index (χ1n) is 8.32. The Kier molecular flexibility index (Phi) is 7.99. The molecule has 0 radical (unpaired) electrons. The molecule has 0 heterocycles. The SMILES string of the molecule is CCNC(=S)NN=Cc1ccc(OC(=O)C=Cc2ccccc2)c(OC)c1. The van der Waals surface area contributed by atoms with E-state index in [1.165, 1.54) is 13.2 Å². The molecule has 0 atom stereocenters. The van der Waals surface area contributed by atoms with Crippen molar-refractivity contribution in [2.24, 2.45) is 5.10 Å². The highest BCUT2D eigenvalue weighted by atomic mass is 32.1. The van der Waals surface area contributed by atoms with Crippen molar-refractivity contribution in [2.45, 2.75) is 6.92 Å². The predicted octanol–water partition coefficient (Wildman–Crippen LogP) is 3.13. The number of thiocarbonyl (C=S) groups is 1. The number of esters is 1. The molecule has 0 aliphatic heterocycles. The summed E-state index contributed by atoms with van der Waals surface area (Å²) in [5.41, 5.74) is 4.38. The smallest absolute Gasteiger partial charge is 0.336 e. The number of nitrogens with zero attached hydrogens (tertiary/aromatic N) is 1. The number of benzene rings is 2. The molecule has 2 aromatic rings. The Morgan fingerprint density at radius 3 is 2.63 bits per heavy atom. The van der Waals surface area contributed by atoms with Crippen molar-refractivity contribution >= 4 is 35.6 Å². The minimum absolute atomic E-state index is 0.327. The molecule has 0 bridgehead atoms. The first-order chi connectivity index (χ1) is 13.1. The van der Waals surface area contributed by atoms with Crippen molar-refractivity contribution in [3.63, 3.8) is 0 Å². The fourth-order valence-corrected chi connectivity index (χ4v) is 2.28. The number of carbonyl (C=O) groups excluding carboxylic acids is 1. The van der Waals surface area contributed by atoms with Gasteiger partial charge in [0.1, 0.15) is 0 Å². The molecular formula is C20H21N3O3S. The predicted molar refractivity (Wildman–Crippen MR) is 111 cm³/mol. The van der Waals surface area contributed by atoms with Crippen LogP contribution in [0.25, 0.3) is 6.08 Å². The third kappa shape index (κ3) is 6.91. The maximum Gasteiger partial charge on any atom is 0.336 e. The molecule has 0 saturated heterocycles. The lowest BCUT2D eigenvalue weighted by Crippen LogP contribution is -2.31. The van der Waals surface area contributed by atoms with E-state index in [1.54, 1.807) is 30.5 Å². The number of hydrazone groups is 1. The average Bonchev–Trinajstić information content (AvgIpc) is 2.68. The highest BCUT2D eigenvalue weighted by Gasteiger charge is 2.08. The fourth-order valence-electron chi connectivity index (χ4n) is 2.09. The summed E-state index contributed by atoms with van der Waals surface area (Å²) in [6, 6.07) is 14.6. The zero-order chi connectivity index (χ0) is 19.5.